The van der Waals surface area contributed by atoms with Crippen LogP contribution in [0.1, 0.15) is 20.8 Å². The lowest BCUT2D eigenvalue weighted by Gasteiger charge is -2.09. The molecule has 0 fully saturated rings. The van der Waals surface area contributed by atoms with Crippen LogP contribution in [-0.4, -0.2) is 21.4 Å². The molecular formula is C28H22ClN5O3. The van der Waals surface area contributed by atoms with Crippen molar-refractivity contribution in [2.75, 3.05) is 16.4 Å². The number of fused-ring (bicyclic) bond motifs is 1. The van der Waals surface area contributed by atoms with Crippen LogP contribution in [0.5, 0.6) is 0 Å². The van der Waals surface area contributed by atoms with Gasteiger partial charge in [0.1, 0.15) is 11.2 Å². The Morgan fingerprint density at radius 2 is 1.59 bits per heavy atom. The van der Waals surface area contributed by atoms with Crippen molar-refractivity contribution in [3.8, 4) is 11.1 Å². The van der Waals surface area contributed by atoms with Gasteiger partial charge in [-0.15, -0.1) is 0 Å². The number of carbonyl (C=O) groups excluding carboxylic acids is 2. The third kappa shape index (κ3) is 4.70. The van der Waals surface area contributed by atoms with E-state index in [1.807, 2.05) is 18.2 Å². The van der Waals surface area contributed by atoms with E-state index in [0.717, 1.165) is 11.1 Å². The lowest BCUT2D eigenvalue weighted by atomic mass is 10.0. The van der Waals surface area contributed by atoms with E-state index in [9.17, 15) is 14.4 Å². The average molecular weight is 512 g/mol. The summed E-state index contributed by atoms with van der Waals surface area (Å²) in [6.07, 6.45) is 1.70. The number of aryl methyl sites for hydroxylation is 1. The van der Waals surface area contributed by atoms with E-state index >= 15 is 0 Å². The van der Waals surface area contributed by atoms with Gasteiger partial charge in [0.25, 0.3) is 17.4 Å². The Morgan fingerprint density at radius 3 is 2.32 bits per heavy atom. The van der Waals surface area contributed by atoms with Gasteiger partial charge in [-0.05, 0) is 48.5 Å². The molecule has 0 bridgehead atoms. The molecule has 0 aliphatic heterocycles. The molecule has 0 radical (unpaired) electrons. The van der Waals surface area contributed by atoms with Gasteiger partial charge in [-0.1, -0.05) is 41.9 Å². The number of para-hydroxylation sites is 2. The highest BCUT2D eigenvalue weighted by Gasteiger charge is 2.18. The molecule has 8 nitrogen and oxygen atoms in total. The van der Waals surface area contributed by atoms with E-state index in [-0.39, 0.29) is 17.2 Å². The number of nitrogens with one attached hydrogen (secondary N) is 3. The molecule has 5 aromatic rings. The van der Waals surface area contributed by atoms with Crippen LogP contribution in [0.2, 0.25) is 5.02 Å². The number of aromatic amines is 1. The zero-order valence-electron chi connectivity index (χ0n) is 19.7. The fourth-order valence-electron chi connectivity index (χ4n) is 4.06. The van der Waals surface area contributed by atoms with E-state index in [1.165, 1.54) is 4.57 Å². The van der Waals surface area contributed by atoms with Crippen LogP contribution < -0.4 is 21.9 Å². The number of hydrogen-bond donors (Lipinski definition) is 4. The molecule has 3 aromatic carbocycles. The van der Waals surface area contributed by atoms with Gasteiger partial charge in [0.05, 0.1) is 11.4 Å². The number of rotatable bonds is 5. The lowest BCUT2D eigenvalue weighted by molar-refractivity contribution is 0.101. The largest absolute Gasteiger partial charge is 0.397 e. The zero-order chi connectivity index (χ0) is 26.1. The molecule has 0 unspecified atom stereocenters. The van der Waals surface area contributed by atoms with Crippen molar-refractivity contribution in [3.63, 3.8) is 0 Å². The summed E-state index contributed by atoms with van der Waals surface area (Å²) in [4.78, 5) is 41.3. The number of nitrogens with two attached hydrogens (primary N) is 1. The summed E-state index contributed by atoms with van der Waals surface area (Å²) in [6, 6.07) is 22.4. The third-order valence-corrected chi connectivity index (χ3v) is 6.32. The number of nitrogens with zero attached hydrogens (tertiary/aromatic N) is 1. The van der Waals surface area contributed by atoms with E-state index in [4.69, 9.17) is 17.3 Å². The second kappa shape index (κ2) is 9.67. The first-order valence-corrected chi connectivity index (χ1v) is 11.7. The number of pyridine rings is 1. The average Bonchev–Trinajstić information content (AvgIpc) is 3.35. The number of halogens is 1. The smallest absolute Gasteiger partial charge is 0.274 e. The van der Waals surface area contributed by atoms with E-state index in [2.05, 4.69) is 15.6 Å². The van der Waals surface area contributed by atoms with Crippen LogP contribution in [-0.2, 0) is 7.05 Å². The quantitative estimate of drug-likeness (QED) is 0.240. The molecule has 0 atom stereocenters. The number of amides is 2. The van der Waals surface area contributed by atoms with E-state index < -0.39 is 5.91 Å². The molecule has 184 valence electrons. The molecule has 0 aliphatic rings. The standard InChI is InChI=1S/C28H22ClN5O3/c1-34-15-20(18-6-2-3-7-21(18)29)19-14-24(32-25(19)28(34)37)27(36)31-17-12-10-16(11-13-17)26(35)33-23-9-5-4-8-22(23)30/h2-15,32H,30H2,1H3,(H,31,36)(H,33,35). The van der Waals surface area contributed by atoms with Crippen molar-refractivity contribution in [1.82, 2.24) is 9.55 Å². The van der Waals surface area contributed by atoms with Crippen molar-refractivity contribution >= 4 is 51.4 Å². The van der Waals surface area contributed by atoms with Crippen LogP contribution in [0.15, 0.2) is 89.9 Å². The molecular weight excluding hydrogens is 490 g/mol. The minimum Gasteiger partial charge on any atom is -0.397 e. The van der Waals surface area contributed by atoms with Crippen molar-refractivity contribution in [2.24, 2.45) is 7.05 Å². The third-order valence-electron chi connectivity index (χ3n) is 5.99. The first-order chi connectivity index (χ1) is 17.8. The molecule has 2 heterocycles. The Hall–Kier alpha value is -4.82. The molecule has 0 saturated carbocycles. The lowest BCUT2D eigenvalue weighted by Crippen LogP contribution is -2.17. The number of hydrogen-bond acceptors (Lipinski definition) is 4. The number of nitrogen functional groups attached to an aromatic ring is 1. The maximum Gasteiger partial charge on any atom is 0.274 e. The second-order valence-electron chi connectivity index (χ2n) is 8.48. The number of benzene rings is 3. The maximum atomic E-state index is 13.0. The van der Waals surface area contributed by atoms with Gasteiger partial charge < -0.3 is 25.9 Å². The first-order valence-electron chi connectivity index (χ1n) is 11.4. The minimum absolute atomic E-state index is 0.216. The molecule has 0 spiro atoms. The summed E-state index contributed by atoms with van der Waals surface area (Å²) in [5.74, 6) is -0.757. The van der Waals surface area contributed by atoms with Gasteiger partial charge in [-0.25, -0.2) is 0 Å². The van der Waals surface area contributed by atoms with Crippen LogP contribution in [0, 0.1) is 0 Å². The highest BCUT2D eigenvalue weighted by Crippen LogP contribution is 2.32. The van der Waals surface area contributed by atoms with Crippen molar-refractivity contribution in [2.45, 2.75) is 0 Å². The fraction of sp³-hybridized carbons (Fsp3) is 0.0357. The fourth-order valence-corrected chi connectivity index (χ4v) is 4.30. The van der Waals surface area contributed by atoms with Crippen molar-refractivity contribution < 1.29 is 9.59 Å². The van der Waals surface area contributed by atoms with Gasteiger partial charge in [0.15, 0.2) is 0 Å². The molecule has 2 aromatic heterocycles. The molecule has 5 rings (SSSR count). The molecule has 5 N–H and O–H groups in total. The summed E-state index contributed by atoms with van der Waals surface area (Å²) in [5.41, 5.74) is 9.49. The zero-order valence-corrected chi connectivity index (χ0v) is 20.5. The normalized spacial score (nSPS) is 10.9. The van der Waals surface area contributed by atoms with Gasteiger partial charge in [0.2, 0.25) is 0 Å². The Labute approximate surface area is 216 Å². The Morgan fingerprint density at radius 1 is 0.892 bits per heavy atom. The Bertz CT molecular complexity index is 1720. The van der Waals surface area contributed by atoms with Crippen LogP contribution >= 0.6 is 11.6 Å². The monoisotopic (exact) mass is 511 g/mol. The number of carbonyl (C=O) groups is 2. The van der Waals surface area contributed by atoms with Crippen molar-refractivity contribution in [3.05, 3.63) is 112 Å². The first kappa shape index (κ1) is 23.9. The van der Waals surface area contributed by atoms with Crippen LogP contribution in [0.25, 0.3) is 22.0 Å². The van der Waals surface area contributed by atoms with Gasteiger partial charge in [-0.3, -0.25) is 14.4 Å². The predicted octanol–water partition coefficient (Wildman–Crippen LogP) is 5.27. The highest BCUT2D eigenvalue weighted by molar-refractivity contribution is 6.33. The van der Waals surface area contributed by atoms with Crippen molar-refractivity contribution in [1.29, 1.82) is 0 Å². The molecule has 2 amide bonds. The predicted molar refractivity (Wildman–Crippen MR) is 147 cm³/mol. The number of aromatic nitrogens is 2. The highest BCUT2D eigenvalue weighted by atomic mass is 35.5. The summed E-state index contributed by atoms with van der Waals surface area (Å²) >= 11 is 6.40. The maximum absolute atomic E-state index is 13.0. The summed E-state index contributed by atoms with van der Waals surface area (Å²) in [6.45, 7) is 0. The Balaban J connectivity index is 1.39. The van der Waals surface area contributed by atoms with E-state index in [0.29, 0.717) is 38.6 Å². The molecule has 37 heavy (non-hydrogen) atoms. The minimum atomic E-state index is -0.433. The van der Waals surface area contributed by atoms with Crippen LogP contribution in [0.4, 0.5) is 17.1 Å². The van der Waals surface area contributed by atoms with Crippen LogP contribution in [0.3, 0.4) is 0 Å². The second-order valence-corrected chi connectivity index (χ2v) is 8.89. The summed E-state index contributed by atoms with van der Waals surface area (Å²) in [7, 11) is 1.65. The molecule has 9 heteroatoms. The number of H-pyrrole nitrogens is 1. The summed E-state index contributed by atoms with van der Waals surface area (Å²) < 4.78 is 1.45. The summed E-state index contributed by atoms with van der Waals surface area (Å²) in [5, 5.41) is 6.68. The topological polar surface area (TPSA) is 122 Å². The molecule has 0 aliphatic carbocycles. The van der Waals surface area contributed by atoms with Gasteiger partial charge >= 0.3 is 0 Å². The Kier molecular flexibility index (Phi) is 6.25. The van der Waals surface area contributed by atoms with E-state index in [1.54, 1.807) is 73.9 Å². The van der Waals surface area contributed by atoms with Gasteiger partial charge in [-0.2, -0.15) is 0 Å². The number of anilines is 3. The molecule has 0 saturated heterocycles. The SMILES string of the molecule is Cn1cc(-c2ccccc2Cl)c2cc(C(=O)Nc3ccc(C(=O)Nc4ccccc4N)cc3)[nH]c2c1=O. The van der Waals surface area contributed by atoms with Gasteiger partial charge in [0, 0.05) is 46.0 Å².